The fourth-order valence-corrected chi connectivity index (χ4v) is 4.98. The summed E-state index contributed by atoms with van der Waals surface area (Å²) in [5.41, 5.74) is 2.97. The number of nitrogens with zero attached hydrogens (tertiary/aromatic N) is 3. The Hall–Kier alpha value is -3.57. The smallest absolute Gasteiger partial charge is 0.405 e. The second kappa shape index (κ2) is 11.9. The number of pyridine rings is 1. The molecule has 204 valence electrons. The number of fused-ring (bicyclic) bond motifs is 1. The molecule has 0 saturated carbocycles. The second-order valence-electron chi connectivity index (χ2n) is 10.0. The van der Waals surface area contributed by atoms with Gasteiger partial charge in [-0.1, -0.05) is 26.0 Å². The zero-order chi connectivity index (χ0) is 28.1. The average Bonchev–Trinajstić information content (AvgIpc) is 3.00. The van der Waals surface area contributed by atoms with E-state index in [4.69, 9.17) is 10.1 Å². The van der Waals surface area contributed by atoms with Crippen molar-refractivity contribution < 1.29 is 23.1 Å². The summed E-state index contributed by atoms with van der Waals surface area (Å²) in [7, 11) is -3.93. The number of nitrogens with two attached hydrogens (primary N) is 1. The molecule has 0 saturated heterocycles. The van der Waals surface area contributed by atoms with Gasteiger partial charge in [-0.25, -0.2) is 18.4 Å². The number of carboxylic acid groups (broad SMARTS) is 1. The lowest BCUT2D eigenvalue weighted by molar-refractivity contribution is -0.127. The summed E-state index contributed by atoms with van der Waals surface area (Å²) in [5.74, 6) is -0.0626. The normalized spacial score (nSPS) is 13.6. The Morgan fingerprint density at radius 2 is 1.79 bits per heavy atom. The molecule has 2 aromatic rings. The number of hydrogen-bond donors (Lipinski definition) is 3. The number of nitrogens with one attached hydrogen (secondary N) is 1. The highest BCUT2D eigenvalue weighted by Crippen LogP contribution is 2.34. The van der Waals surface area contributed by atoms with Crippen LogP contribution in [-0.2, 0) is 14.8 Å². The molecule has 0 aliphatic carbocycles. The fourth-order valence-electron chi connectivity index (χ4n) is 4.48. The van der Waals surface area contributed by atoms with E-state index in [1.807, 2.05) is 37.0 Å². The molecule has 1 aromatic carbocycles. The number of primary sulfonamides is 1. The van der Waals surface area contributed by atoms with Crippen molar-refractivity contribution in [1.82, 2.24) is 15.2 Å². The maximum Gasteiger partial charge on any atom is 0.405 e. The summed E-state index contributed by atoms with van der Waals surface area (Å²) in [6, 6.07) is 6.90. The number of aromatic nitrogens is 1. The molecule has 4 N–H and O–H groups in total. The van der Waals surface area contributed by atoms with Gasteiger partial charge in [0.1, 0.15) is 4.90 Å². The Bertz CT molecular complexity index is 1380. The fraction of sp³-hybridized carbons (Fsp3) is 0.407. The van der Waals surface area contributed by atoms with Gasteiger partial charge in [-0.2, -0.15) is 0 Å². The van der Waals surface area contributed by atoms with Crippen LogP contribution in [0.2, 0.25) is 0 Å². The Kier molecular flexibility index (Phi) is 9.05. The molecule has 10 nitrogen and oxygen atoms in total. The Morgan fingerprint density at radius 3 is 2.39 bits per heavy atom. The molecule has 38 heavy (non-hydrogen) atoms. The van der Waals surface area contributed by atoms with E-state index < -0.39 is 21.7 Å². The first kappa shape index (κ1) is 29.0. The lowest BCUT2D eigenvalue weighted by Gasteiger charge is -2.26. The molecule has 2 heterocycles. The number of carbonyl (C=O) groups is 2. The summed E-state index contributed by atoms with van der Waals surface area (Å²) in [5, 5.41) is 17.1. The van der Waals surface area contributed by atoms with Crippen LogP contribution < -0.4 is 10.5 Å². The highest BCUT2D eigenvalue weighted by Gasteiger charge is 2.27. The van der Waals surface area contributed by atoms with E-state index in [0.29, 0.717) is 41.2 Å². The van der Waals surface area contributed by atoms with Gasteiger partial charge in [0, 0.05) is 66.3 Å². The van der Waals surface area contributed by atoms with E-state index in [-0.39, 0.29) is 23.6 Å². The molecule has 11 heteroatoms. The lowest BCUT2D eigenvalue weighted by Crippen LogP contribution is -2.44. The predicted octanol–water partition coefficient (Wildman–Crippen LogP) is 4.34. The van der Waals surface area contributed by atoms with Gasteiger partial charge in [0.05, 0.1) is 5.69 Å². The first-order chi connectivity index (χ1) is 17.8. The van der Waals surface area contributed by atoms with Crippen molar-refractivity contribution in [2.24, 2.45) is 10.1 Å². The van der Waals surface area contributed by atoms with Crippen molar-refractivity contribution in [1.29, 1.82) is 0 Å². The molecule has 0 unspecified atom stereocenters. The molecule has 0 bridgehead atoms. The molecule has 1 aromatic heterocycles. The molecule has 0 fully saturated rings. The van der Waals surface area contributed by atoms with Crippen LogP contribution in [0.4, 0.5) is 10.5 Å². The first-order valence-electron chi connectivity index (χ1n) is 12.5. The lowest BCUT2D eigenvalue weighted by atomic mass is 9.93. The van der Waals surface area contributed by atoms with Crippen molar-refractivity contribution in [3.8, 4) is 11.1 Å². The molecule has 0 spiro atoms. The molecule has 1 aliphatic heterocycles. The third-order valence-corrected chi connectivity index (χ3v) is 6.93. The molecular formula is C27H35N5O5S. The Balaban J connectivity index is 2.11. The number of amides is 2. The minimum Gasteiger partial charge on any atom is -0.465 e. The monoisotopic (exact) mass is 541 g/mol. The highest BCUT2D eigenvalue weighted by atomic mass is 32.2. The van der Waals surface area contributed by atoms with Crippen molar-refractivity contribution in [3.63, 3.8) is 0 Å². The Morgan fingerprint density at radius 1 is 1.11 bits per heavy atom. The van der Waals surface area contributed by atoms with Gasteiger partial charge in [-0.05, 0) is 50.5 Å². The van der Waals surface area contributed by atoms with Crippen LogP contribution in [0.3, 0.4) is 0 Å². The van der Waals surface area contributed by atoms with Gasteiger partial charge in [0.25, 0.3) is 0 Å². The first-order valence-corrected chi connectivity index (χ1v) is 14.1. The molecule has 3 rings (SSSR count). The minimum atomic E-state index is -3.93. The summed E-state index contributed by atoms with van der Waals surface area (Å²) in [4.78, 5) is 35.5. The zero-order valence-corrected chi connectivity index (χ0v) is 23.0. The van der Waals surface area contributed by atoms with Crippen LogP contribution in [0, 0.1) is 0 Å². The van der Waals surface area contributed by atoms with Crippen LogP contribution >= 0.6 is 0 Å². The van der Waals surface area contributed by atoms with Crippen LogP contribution in [0.1, 0.15) is 58.9 Å². The van der Waals surface area contributed by atoms with Gasteiger partial charge >= 0.3 is 6.09 Å². The third-order valence-electron chi connectivity index (χ3n) is 6.05. The molecular weight excluding hydrogens is 506 g/mol. The summed E-state index contributed by atoms with van der Waals surface area (Å²) >= 11 is 0. The topological polar surface area (TPSA) is 155 Å². The van der Waals surface area contributed by atoms with Gasteiger partial charge in [-0.15, -0.1) is 0 Å². The SMILES string of the molecule is CCCN(CCC)C(=O)C1=Cc2ccc(-c3cncc(S(N)(=O)=O)c3)cc2N=C(CC(C)(C)NC(=O)O)C1. The minimum absolute atomic E-state index is 0.0626. The predicted molar refractivity (Wildman–Crippen MR) is 148 cm³/mol. The third kappa shape index (κ3) is 7.48. The number of carbonyl (C=O) groups excluding carboxylic acids is 1. The van der Waals surface area contributed by atoms with Crippen molar-refractivity contribution in [2.45, 2.75) is 63.8 Å². The number of hydrogen-bond acceptors (Lipinski definition) is 6. The molecule has 0 radical (unpaired) electrons. The largest absolute Gasteiger partial charge is 0.465 e. The second-order valence-corrected chi connectivity index (χ2v) is 11.6. The quantitative estimate of drug-likeness (QED) is 0.406. The number of sulfonamides is 1. The zero-order valence-electron chi connectivity index (χ0n) is 22.2. The number of rotatable bonds is 10. The highest BCUT2D eigenvalue weighted by molar-refractivity contribution is 7.89. The van der Waals surface area contributed by atoms with Crippen LogP contribution in [0.5, 0.6) is 0 Å². The van der Waals surface area contributed by atoms with E-state index in [1.54, 1.807) is 19.9 Å². The van der Waals surface area contributed by atoms with E-state index in [9.17, 15) is 23.1 Å². The van der Waals surface area contributed by atoms with Gasteiger partial charge in [-0.3, -0.25) is 14.8 Å². The number of benzene rings is 1. The summed E-state index contributed by atoms with van der Waals surface area (Å²) < 4.78 is 23.6. The maximum atomic E-state index is 13.6. The van der Waals surface area contributed by atoms with Gasteiger partial charge in [0.2, 0.25) is 15.9 Å². The standard InChI is InChI=1S/C27H35N5O5S/c1-5-9-32(10-6-2)25(33)20-11-19-8-7-18(21-13-23(17-29-16-21)38(28,36)37)14-24(19)30-22(12-20)15-27(3,4)31-26(34)35/h7-8,11,13-14,16-17,31H,5-6,9-10,12,15H2,1-4H3,(H,34,35)(H2,28,36,37). The van der Waals surface area contributed by atoms with E-state index in [0.717, 1.165) is 18.4 Å². The van der Waals surface area contributed by atoms with Gasteiger partial charge in [0.15, 0.2) is 0 Å². The van der Waals surface area contributed by atoms with Crippen molar-refractivity contribution >= 4 is 39.5 Å². The summed E-state index contributed by atoms with van der Waals surface area (Å²) in [6.07, 6.45) is 5.66. The van der Waals surface area contributed by atoms with E-state index in [1.165, 1.54) is 18.5 Å². The summed E-state index contributed by atoms with van der Waals surface area (Å²) in [6.45, 7) is 8.87. The van der Waals surface area contributed by atoms with Gasteiger partial charge < -0.3 is 15.3 Å². The number of aliphatic imine (C=N–C) groups is 1. The Labute approximate surface area is 223 Å². The van der Waals surface area contributed by atoms with Crippen LogP contribution in [-0.4, -0.2) is 59.7 Å². The van der Waals surface area contributed by atoms with Crippen LogP contribution in [0.25, 0.3) is 17.2 Å². The average molecular weight is 542 g/mol. The maximum absolute atomic E-state index is 13.6. The molecule has 1 aliphatic rings. The van der Waals surface area contributed by atoms with Crippen molar-refractivity contribution in [2.75, 3.05) is 13.1 Å². The molecule has 2 amide bonds. The molecule has 0 atom stereocenters. The van der Waals surface area contributed by atoms with E-state index >= 15 is 0 Å². The van der Waals surface area contributed by atoms with E-state index in [2.05, 4.69) is 10.3 Å². The van der Waals surface area contributed by atoms with Crippen LogP contribution in [0.15, 0.2) is 52.1 Å². The van der Waals surface area contributed by atoms with Crippen molar-refractivity contribution in [3.05, 3.63) is 47.8 Å².